The molecule has 1 aliphatic carbocycles. The molecule has 1 amide bonds. The molecule has 1 fully saturated rings. The zero-order valence-corrected chi connectivity index (χ0v) is 13.5. The van der Waals surface area contributed by atoms with Gasteiger partial charge in [0.05, 0.1) is 11.6 Å². The molecule has 0 saturated heterocycles. The second-order valence-electron chi connectivity index (χ2n) is 5.79. The number of thioether (sulfide) groups is 1. The van der Waals surface area contributed by atoms with Gasteiger partial charge in [-0.15, -0.1) is 0 Å². The fourth-order valence-corrected chi connectivity index (χ4v) is 3.73. The summed E-state index contributed by atoms with van der Waals surface area (Å²) in [7, 11) is 0. The Morgan fingerprint density at radius 3 is 3.00 bits per heavy atom. The second kappa shape index (κ2) is 7.09. The quantitative estimate of drug-likeness (QED) is 0.653. The minimum atomic E-state index is -0.190. The summed E-state index contributed by atoms with van der Waals surface area (Å²) in [6.07, 6.45) is 9.48. The van der Waals surface area contributed by atoms with Crippen molar-refractivity contribution in [3.8, 4) is 0 Å². The second-order valence-corrected chi connectivity index (χ2v) is 7.12. The van der Waals surface area contributed by atoms with Crippen LogP contribution in [0.3, 0.4) is 0 Å². The van der Waals surface area contributed by atoms with E-state index in [4.69, 9.17) is 0 Å². The Kier molecular flexibility index (Phi) is 4.92. The molecule has 2 aromatic heterocycles. The zero-order chi connectivity index (χ0) is 15.4. The monoisotopic (exact) mass is 319 g/mol. The van der Waals surface area contributed by atoms with Crippen molar-refractivity contribution < 1.29 is 4.79 Å². The van der Waals surface area contributed by atoms with E-state index in [0.29, 0.717) is 11.6 Å². The third kappa shape index (κ3) is 3.58. The third-order valence-electron chi connectivity index (χ3n) is 4.14. The van der Waals surface area contributed by atoms with E-state index in [2.05, 4.69) is 25.3 Å². The maximum atomic E-state index is 12.3. The molecule has 1 aliphatic rings. The maximum Gasteiger partial charge on any atom is 0.233 e. The third-order valence-corrected chi connectivity index (χ3v) is 5.24. The highest BCUT2D eigenvalue weighted by atomic mass is 32.2. The van der Waals surface area contributed by atoms with Crippen LogP contribution in [0.25, 0.3) is 11.2 Å². The predicted octanol–water partition coefficient (Wildman–Crippen LogP) is 2.53. The minimum Gasteiger partial charge on any atom is -0.355 e. The highest BCUT2D eigenvalue weighted by molar-refractivity contribution is 8.00. The molecule has 0 aliphatic heterocycles. The highest BCUT2D eigenvalue weighted by Crippen LogP contribution is 2.26. The summed E-state index contributed by atoms with van der Waals surface area (Å²) in [6, 6.07) is 0. The average Bonchev–Trinajstić information content (AvgIpc) is 3.03. The van der Waals surface area contributed by atoms with E-state index in [9.17, 15) is 4.79 Å². The number of aromatic amines is 1. The van der Waals surface area contributed by atoms with E-state index in [1.165, 1.54) is 50.2 Å². The summed E-state index contributed by atoms with van der Waals surface area (Å²) < 4.78 is 0. The van der Waals surface area contributed by atoms with Crippen molar-refractivity contribution in [3.63, 3.8) is 0 Å². The molecule has 0 spiro atoms. The van der Waals surface area contributed by atoms with Crippen molar-refractivity contribution in [1.82, 2.24) is 25.3 Å². The molecule has 2 heterocycles. The van der Waals surface area contributed by atoms with Gasteiger partial charge < -0.3 is 10.3 Å². The van der Waals surface area contributed by atoms with Gasteiger partial charge in [0, 0.05) is 6.54 Å². The largest absolute Gasteiger partial charge is 0.355 e. The standard InChI is InChI=1S/C15H21N5OS/c1-10(14(21)16-7-11-5-3-2-4-6-11)22-15-12-13(18-8-17-12)19-9-20-15/h8-11H,2-7H2,1H3,(H,16,21)(H,17,18,19,20). The van der Waals surface area contributed by atoms with Gasteiger partial charge in [0.2, 0.25) is 5.91 Å². The van der Waals surface area contributed by atoms with Crippen LogP contribution >= 0.6 is 11.8 Å². The molecule has 1 atom stereocenters. The number of nitrogens with zero attached hydrogens (tertiary/aromatic N) is 3. The molecular formula is C15H21N5OS. The van der Waals surface area contributed by atoms with Crippen LogP contribution in [0.2, 0.25) is 0 Å². The first-order chi connectivity index (χ1) is 10.7. The van der Waals surface area contributed by atoms with Crippen molar-refractivity contribution >= 4 is 28.8 Å². The van der Waals surface area contributed by atoms with Crippen LogP contribution in [0.4, 0.5) is 0 Å². The van der Waals surface area contributed by atoms with Gasteiger partial charge >= 0.3 is 0 Å². The number of hydrogen-bond acceptors (Lipinski definition) is 5. The molecule has 0 aromatic carbocycles. The summed E-state index contributed by atoms with van der Waals surface area (Å²) >= 11 is 1.44. The molecule has 3 rings (SSSR count). The molecule has 0 bridgehead atoms. The Morgan fingerprint density at radius 1 is 1.36 bits per heavy atom. The number of nitrogens with one attached hydrogen (secondary N) is 2. The van der Waals surface area contributed by atoms with Crippen LogP contribution < -0.4 is 5.32 Å². The molecule has 2 aromatic rings. The van der Waals surface area contributed by atoms with Gasteiger partial charge in [0.25, 0.3) is 0 Å². The maximum absolute atomic E-state index is 12.3. The van der Waals surface area contributed by atoms with E-state index >= 15 is 0 Å². The number of rotatable bonds is 5. The van der Waals surface area contributed by atoms with Crippen molar-refractivity contribution in [1.29, 1.82) is 0 Å². The van der Waals surface area contributed by atoms with Crippen molar-refractivity contribution in [2.24, 2.45) is 5.92 Å². The normalized spacial score (nSPS) is 17.5. The number of imidazole rings is 1. The lowest BCUT2D eigenvalue weighted by Crippen LogP contribution is -2.35. The predicted molar refractivity (Wildman–Crippen MR) is 86.6 cm³/mol. The number of fused-ring (bicyclic) bond motifs is 1. The lowest BCUT2D eigenvalue weighted by molar-refractivity contribution is -0.120. The fraction of sp³-hybridized carbons (Fsp3) is 0.600. The van der Waals surface area contributed by atoms with Crippen molar-refractivity contribution in [2.75, 3.05) is 6.54 Å². The van der Waals surface area contributed by atoms with Crippen molar-refractivity contribution in [2.45, 2.75) is 49.3 Å². The topological polar surface area (TPSA) is 83.6 Å². The lowest BCUT2D eigenvalue weighted by atomic mass is 9.89. The molecule has 22 heavy (non-hydrogen) atoms. The molecule has 118 valence electrons. The van der Waals surface area contributed by atoms with E-state index in [-0.39, 0.29) is 11.2 Å². The lowest BCUT2D eigenvalue weighted by Gasteiger charge is -2.22. The first-order valence-electron chi connectivity index (χ1n) is 7.82. The van der Waals surface area contributed by atoms with Crippen LogP contribution in [-0.4, -0.2) is 37.6 Å². The molecule has 7 heteroatoms. The van der Waals surface area contributed by atoms with Crippen LogP contribution in [-0.2, 0) is 4.79 Å². The highest BCUT2D eigenvalue weighted by Gasteiger charge is 2.19. The van der Waals surface area contributed by atoms with Crippen LogP contribution in [0.1, 0.15) is 39.0 Å². The van der Waals surface area contributed by atoms with Crippen LogP contribution in [0.15, 0.2) is 17.7 Å². The number of carbonyl (C=O) groups excluding carboxylic acids is 1. The number of aromatic nitrogens is 4. The Bertz CT molecular complexity index is 638. The molecule has 1 unspecified atom stereocenters. The Balaban J connectivity index is 1.55. The summed E-state index contributed by atoms with van der Waals surface area (Å²) in [5.74, 6) is 0.718. The summed E-state index contributed by atoms with van der Waals surface area (Å²) in [5, 5.41) is 3.66. The molecule has 0 radical (unpaired) electrons. The van der Waals surface area contributed by atoms with Gasteiger partial charge in [0.15, 0.2) is 5.65 Å². The van der Waals surface area contributed by atoms with Gasteiger partial charge in [-0.2, -0.15) is 0 Å². The zero-order valence-electron chi connectivity index (χ0n) is 12.7. The number of hydrogen-bond donors (Lipinski definition) is 2. The van der Waals surface area contributed by atoms with E-state index in [1.807, 2.05) is 6.92 Å². The average molecular weight is 319 g/mol. The first kappa shape index (κ1) is 15.3. The van der Waals surface area contributed by atoms with Crippen LogP contribution in [0, 0.1) is 5.92 Å². The van der Waals surface area contributed by atoms with Gasteiger partial charge in [-0.3, -0.25) is 4.79 Å². The van der Waals surface area contributed by atoms with E-state index in [0.717, 1.165) is 17.1 Å². The Hall–Kier alpha value is -1.63. The molecule has 1 saturated carbocycles. The Morgan fingerprint density at radius 2 is 2.18 bits per heavy atom. The van der Waals surface area contributed by atoms with E-state index in [1.54, 1.807) is 6.33 Å². The minimum absolute atomic E-state index is 0.0712. The van der Waals surface area contributed by atoms with Crippen molar-refractivity contribution in [3.05, 3.63) is 12.7 Å². The summed E-state index contributed by atoms with van der Waals surface area (Å²) in [5.41, 5.74) is 1.42. The number of H-pyrrole nitrogens is 1. The van der Waals surface area contributed by atoms with E-state index < -0.39 is 0 Å². The first-order valence-corrected chi connectivity index (χ1v) is 8.70. The molecular weight excluding hydrogens is 298 g/mol. The number of carbonyl (C=O) groups is 1. The SMILES string of the molecule is CC(Sc1ncnc2nc[nH]c12)C(=O)NCC1CCCCC1. The Labute approximate surface area is 133 Å². The fourth-order valence-electron chi connectivity index (χ4n) is 2.83. The molecule has 6 nitrogen and oxygen atoms in total. The van der Waals surface area contributed by atoms with Crippen LogP contribution in [0.5, 0.6) is 0 Å². The summed E-state index contributed by atoms with van der Waals surface area (Å²) in [4.78, 5) is 27.7. The molecule has 2 N–H and O–H groups in total. The van der Waals surface area contributed by atoms with Gasteiger partial charge in [-0.1, -0.05) is 31.0 Å². The number of amides is 1. The van der Waals surface area contributed by atoms with Gasteiger partial charge in [-0.05, 0) is 25.7 Å². The van der Waals surface area contributed by atoms with Gasteiger partial charge in [0.1, 0.15) is 16.9 Å². The smallest absolute Gasteiger partial charge is 0.233 e. The summed E-state index contributed by atoms with van der Waals surface area (Å²) in [6.45, 7) is 2.71. The van der Waals surface area contributed by atoms with Gasteiger partial charge in [-0.25, -0.2) is 15.0 Å².